The highest BCUT2D eigenvalue weighted by atomic mass is 16.5. The highest BCUT2D eigenvalue weighted by molar-refractivity contribution is 5.82. The molecule has 1 aromatic carbocycles. The molecule has 0 saturated carbocycles. The molecule has 0 radical (unpaired) electrons. The van der Waals surface area contributed by atoms with Crippen molar-refractivity contribution in [1.29, 1.82) is 0 Å². The van der Waals surface area contributed by atoms with Gasteiger partial charge in [0.25, 0.3) is 0 Å². The third-order valence-electron chi connectivity index (χ3n) is 2.93. The van der Waals surface area contributed by atoms with Crippen molar-refractivity contribution in [2.45, 2.75) is 26.9 Å². The zero-order valence-electron chi connectivity index (χ0n) is 10.5. The van der Waals surface area contributed by atoms with E-state index in [4.69, 9.17) is 10.5 Å². The van der Waals surface area contributed by atoms with Crippen LogP contribution >= 0.6 is 0 Å². The average Bonchev–Trinajstić information content (AvgIpc) is 2.29. The van der Waals surface area contributed by atoms with Crippen molar-refractivity contribution in [3.8, 4) is 5.88 Å². The SMILES string of the molecule is CC(C)C(C)Oc1ccc2cc(N)ccc2n1. The third kappa shape index (κ3) is 2.67. The van der Waals surface area contributed by atoms with E-state index >= 15 is 0 Å². The summed E-state index contributed by atoms with van der Waals surface area (Å²) in [7, 11) is 0. The maximum Gasteiger partial charge on any atom is 0.214 e. The van der Waals surface area contributed by atoms with Crippen LogP contribution < -0.4 is 10.5 Å². The molecular weight excluding hydrogens is 212 g/mol. The topological polar surface area (TPSA) is 48.1 Å². The molecule has 0 aliphatic rings. The highest BCUT2D eigenvalue weighted by Crippen LogP contribution is 2.20. The number of nitrogens with two attached hydrogens (primary N) is 1. The quantitative estimate of drug-likeness (QED) is 0.823. The second kappa shape index (κ2) is 4.62. The number of pyridine rings is 1. The molecule has 2 aromatic rings. The van der Waals surface area contributed by atoms with Crippen LogP contribution in [0.2, 0.25) is 0 Å². The van der Waals surface area contributed by atoms with E-state index in [9.17, 15) is 0 Å². The lowest BCUT2D eigenvalue weighted by Crippen LogP contribution is -2.19. The summed E-state index contributed by atoms with van der Waals surface area (Å²) in [6.07, 6.45) is 0.161. The van der Waals surface area contributed by atoms with Gasteiger partial charge in [0.05, 0.1) is 11.6 Å². The molecule has 0 spiro atoms. The van der Waals surface area contributed by atoms with Crippen LogP contribution in [-0.2, 0) is 0 Å². The fourth-order valence-electron chi connectivity index (χ4n) is 1.52. The largest absolute Gasteiger partial charge is 0.474 e. The molecule has 2 rings (SSSR count). The Hall–Kier alpha value is -1.77. The Morgan fingerprint density at radius 2 is 1.88 bits per heavy atom. The van der Waals surface area contributed by atoms with Gasteiger partial charge in [-0.2, -0.15) is 0 Å². The molecule has 1 aromatic heterocycles. The molecule has 1 heterocycles. The van der Waals surface area contributed by atoms with Gasteiger partial charge in [0.1, 0.15) is 0 Å². The fourth-order valence-corrected chi connectivity index (χ4v) is 1.52. The molecule has 0 saturated heterocycles. The number of hydrogen-bond acceptors (Lipinski definition) is 3. The Labute approximate surface area is 102 Å². The van der Waals surface area contributed by atoms with Crippen molar-refractivity contribution in [2.75, 3.05) is 5.73 Å². The van der Waals surface area contributed by atoms with E-state index in [1.165, 1.54) is 0 Å². The summed E-state index contributed by atoms with van der Waals surface area (Å²) < 4.78 is 5.77. The van der Waals surface area contributed by atoms with E-state index in [1.807, 2.05) is 30.3 Å². The van der Waals surface area contributed by atoms with Crippen LogP contribution in [-0.4, -0.2) is 11.1 Å². The van der Waals surface area contributed by atoms with Crippen LogP contribution in [0.3, 0.4) is 0 Å². The molecule has 0 bridgehead atoms. The summed E-state index contributed by atoms with van der Waals surface area (Å²) in [5.74, 6) is 1.14. The number of benzene rings is 1. The number of aromatic nitrogens is 1. The third-order valence-corrected chi connectivity index (χ3v) is 2.93. The molecule has 0 aliphatic carbocycles. The number of rotatable bonds is 3. The van der Waals surface area contributed by atoms with Gasteiger partial charge in [-0.25, -0.2) is 4.98 Å². The number of nitrogens with zero attached hydrogens (tertiary/aromatic N) is 1. The molecule has 1 atom stereocenters. The first-order chi connectivity index (χ1) is 8.06. The first kappa shape index (κ1) is 11.7. The summed E-state index contributed by atoms with van der Waals surface area (Å²) >= 11 is 0. The molecule has 17 heavy (non-hydrogen) atoms. The Morgan fingerprint density at radius 1 is 1.12 bits per heavy atom. The van der Waals surface area contributed by atoms with E-state index in [-0.39, 0.29) is 6.10 Å². The zero-order valence-corrected chi connectivity index (χ0v) is 10.5. The predicted molar refractivity (Wildman–Crippen MR) is 71.1 cm³/mol. The lowest BCUT2D eigenvalue weighted by atomic mass is 10.1. The second-order valence-electron chi connectivity index (χ2n) is 4.67. The van der Waals surface area contributed by atoms with E-state index in [0.29, 0.717) is 11.8 Å². The van der Waals surface area contributed by atoms with Gasteiger partial charge in [-0.05, 0) is 37.1 Å². The van der Waals surface area contributed by atoms with Gasteiger partial charge in [-0.1, -0.05) is 13.8 Å². The van der Waals surface area contributed by atoms with Crippen LogP contribution in [0.15, 0.2) is 30.3 Å². The Balaban J connectivity index is 2.29. The number of hydrogen-bond donors (Lipinski definition) is 1. The molecular formula is C14H18N2O. The molecule has 3 nitrogen and oxygen atoms in total. The summed E-state index contributed by atoms with van der Waals surface area (Å²) in [4.78, 5) is 4.46. The van der Waals surface area contributed by atoms with Crippen LogP contribution in [0.4, 0.5) is 5.69 Å². The van der Waals surface area contributed by atoms with Crippen molar-refractivity contribution in [2.24, 2.45) is 5.92 Å². The van der Waals surface area contributed by atoms with Gasteiger partial charge in [0.15, 0.2) is 0 Å². The first-order valence-electron chi connectivity index (χ1n) is 5.89. The highest BCUT2D eigenvalue weighted by Gasteiger charge is 2.09. The van der Waals surface area contributed by atoms with Gasteiger partial charge in [-0.15, -0.1) is 0 Å². The van der Waals surface area contributed by atoms with Gasteiger partial charge >= 0.3 is 0 Å². The second-order valence-corrected chi connectivity index (χ2v) is 4.67. The first-order valence-corrected chi connectivity index (χ1v) is 5.89. The monoisotopic (exact) mass is 230 g/mol. The predicted octanol–water partition coefficient (Wildman–Crippen LogP) is 3.24. The van der Waals surface area contributed by atoms with E-state index in [0.717, 1.165) is 16.6 Å². The van der Waals surface area contributed by atoms with Crippen LogP contribution in [0.25, 0.3) is 10.9 Å². The maximum absolute atomic E-state index is 5.77. The lowest BCUT2D eigenvalue weighted by Gasteiger charge is -2.17. The summed E-state index contributed by atoms with van der Waals surface area (Å²) in [5.41, 5.74) is 7.39. The van der Waals surface area contributed by atoms with Crippen LogP contribution in [0.1, 0.15) is 20.8 Å². The minimum Gasteiger partial charge on any atom is -0.474 e. The van der Waals surface area contributed by atoms with Crippen molar-refractivity contribution in [1.82, 2.24) is 4.98 Å². The summed E-state index contributed by atoms with van der Waals surface area (Å²) in [5, 5.41) is 1.04. The van der Waals surface area contributed by atoms with Crippen molar-refractivity contribution in [3.63, 3.8) is 0 Å². The molecule has 2 N–H and O–H groups in total. The number of fused-ring (bicyclic) bond motifs is 1. The normalized spacial score (nSPS) is 12.9. The van der Waals surface area contributed by atoms with E-state index < -0.39 is 0 Å². The van der Waals surface area contributed by atoms with Gasteiger partial charge in [-0.3, -0.25) is 0 Å². The van der Waals surface area contributed by atoms with Crippen molar-refractivity contribution in [3.05, 3.63) is 30.3 Å². The molecule has 90 valence electrons. The summed E-state index contributed by atoms with van der Waals surface area (Å²) in [6.45, 7) is 6.32. The molecule has 0 aliphatic heterocycles. The maximum atomic E-state index is 5.77. The Bertz CT molecular complexity index is 523. The minimum absolute atomic E-state index is 0.161. The van der Waals surface area contributed by atoms with Crippen molar-refractivity contribution >= 4 is 16.6 Å². The fraction of sp³-hybridized carbons (Fsp3) is 0.357. The number of anilines is 1. The minimum atomic E-state index is 0.161. The van der Waals surface area contributed by atoms with Gasteiger partial charge in [0.2, 0.25) is 5.88 Å². The van der Waals surface area contributed by atoms with Gasteiger partial charge < -0.3 is 10.5 Å². The zero-order chi connectivity index (χ0) is 12.4. The van der Waals surface area contributed by atoms with Crippen LogP contribution in [0.5, 0.6) is 5.88 Å². The van der Waals surface area contributed by atoms with Crippen molar-refractivity contribution < 1.29 is 4.74 Å². The summed E-state index contributed by atoms with van der Waals surface area (Å²) in [6, 6.07) is 9.56. The van der Waals surface area contributed by atoms with E-state index in [1.54, 1.807) is 0 Å². The van der Waals surface area contributed by atoms with Gasteiger partial charge in [0, 0.05) is 17.1 Å². The Morgan fingerprint density at radius 3 is 2.59 bits per heavy atom. The van der Waals surface area contributed by atoms with Crippen LogP contribution in [0, 0.1) is 5.92 Å². The standard InChI is InChI=1S/C14H18N2O/c1-9(2)10(3)17-14-7-4-11-8-12(15)5-6-13(11)16-14/h4-10H,15H2,1-3H3. The number of ether oxygens (including phenoxy) is 1. The van der Waals surface area contributed by atoms with E-state index in [2.05, 4.69) is 25.8 Å². The smallest absolute Gasteiger partial charge is 0.214 e. The lowest BCUT2D eigenvalue weighted by molar-refractivity contribution is 0.164. The molecule has 0 amide bonds. The Kier molecular flexibility index (Phi) is 3.18. The average molecular weight is 230 g/mol. The molecule has 3 heteroatoms. The molecule has 1 unspecified atom stereocenters. The molecule has 0 fully saturated rings. The number of nitrogen functional groups attached to an aromatic ring is 1.